The van der Waals surface area contributed by atoms with Crippen molar-refractivity contribution in [1.82, 2.24) is 0 Å². The molecule has 0 spiro atoms. The molecule has 134 valence electrons. The second kappa shape index (κ2) is 5.13. The summed E-state index contributed by atoms with van der Waals surface area (Å²) in [5.41, 5.74) is 9.17. The summed E-state index contributed by atoms with van der Waals surface area (Å²) >= 11 is 0.423. The molecule has 0 fully saturated rings. The van der Waals surface area contributed by atoms with E-state index in [1.165, 1.54) is 29.6 Å². The van der Waals surface area contributed by atoms with E-state index >= 15 is 0 Å². The fourth-order valence-corrected chi connectivity index (χ4v) is 3.54. The number of alkyl halides is 6. The summed E-state index contributed by atoms with van der Waals surface area (Å²) in [7, 11) is 0. The average Bonchev–Trinajstić information content (AvgIpc) is 3.00. The number of anilines is 2. The minimum Gasteiger partial charge on any atom is -0.397 e. The van der Waals surface area contributed by atoms with Crippen LogP contribution in [0.4, 0.5) is 42.1 Å². The van der Waals surface area contributed by atoms with E-state index in [9.17, 15) is 30.7 Å². The molecule has 2 aromatic rings. The maximum atomic E-state index is 14.0. The van der Waals surface area contributed by atoms with Crippen LogP contribution in [0.25, 0.3) is 16.7 Å². The van der Waals surface area contributed by atoms with Crippen molar-refractivity contribution in [2.45, 2.75) is 17.8 Å². The van der Waals surface area contributed by atoms with Gasteiger partial charge in [-0.2, -0.15) is 26.3 Å². The summed E-state index contributed by atoms with van der Waals surface area (Å²) in [5.74, 6) is -19.8. The number of benzene rings is 1. The first-order valence-electron chi connectivity index (χ1n) is 6.71. The predicted octanol–water partition coefficient (Wildman–Crippen LogP) is 5.18. The molecule has 1 aliphatic carbocycles. The van der Waals surface area contributed by atoms with Gasteiger partial charge in [-0.05, 0) is 17.5 Å². The van der Waals surface area contributed by atoms with Gasteiger partial charge in [-0.15, -0.1) is 11.3 Å². The third-order valence-electron chi connectivity index (χ3n) is 3.92. The maximum Gasteiger partial charge on any atom is 0.383 e. The monoisotopic (exact) mass is 382 g/mol. The van der Waals surface area contributed by atoms with Crippen LogP contribution < -0.4 is 11.5 Å². The van der Waals surface area contributed by atoms with Crippen LogP contribution in [0.3, 0.4) is 0 Å². The first-order valence-corrected chi connectivity index (χ1v) is 7.59. The van der Waals surface area contributed by atoms with Crippen molar-refractivity contribution in [3.8, 4) is 11.1 Å². The molecular formula is C15H9F7N2S. The molecule has 4 N–H and O–H groups in total. The van der Waals surface area contributed by atoms with Crippen LogP contribution in [-0.4, -0.2) is 17.8 Å². The van der Waals surface area contributed by atoms with Gasteiger partial charge < -0.3 is 11.5 Å². The van der Waals surface area contributed by atoms with Crippen LogP contribution in [0.2, 0.25) is 0 Å². The lowest BCUT2D eigenvalue weighted by Gasteiger charge is -2.24. The van der Waals surface area contributed by atoms with Crippen LogP contribution in [-0.2, 0) is 0 Å². The second-order valence-corrected chi connectivity index (χ2v) is 6.30. The van der Waals surface area contributed by atoms with Gasteiger partial charge in [-0.1, -0.05) is 12.1 Å². The number of nitrogen functional groups attached to an aromatic ring is 2. The second-order valence-electron chi connectivity index (χ2n) is 5.38. The molecule has 1 aromatic carbocycles. The zero-order valence-electron chi connectivity index (χ0n) is 12.1. The molecule has 0 radical (unpaired) electrons. The van der Waals surface area contributed by atoms with E-state index in [-0.39, 0.29) is 22.5 Å². The number of hydrogen-bond donors (Lipinski definition) is 2. The molecule has 2 nitrogen and oxygen atoms in total. The minimum absolute atomic E-state index is 0.0471. The molecule has 0 amide bonds. The Morgan fingerprint density at radius 1 is 0.840 bits per heavy atom. The Balaban J connectivity index is 2.28. The third kappa shape index (κ3) is 2.09. The summed E-state index contributed by atoms with van der Waals surface area (Å²) in [6.07, 6.45) is 0. The molecule has 25 heavy (non-hydrogen) atoms. The smallest absolute Gasteiger partial charge is 0.383 e. The summed E-state index contributed by atoms with van der Waals surface area (Å²) < 4.78 is 95.7. The van der Waals surface area contributed by atoms with Gasteiger partial charge >= 0.3 is 17.8 Å². The van der Waals surface area contributed by atoms with Crippen molar-refractivity contribution < 1.29 is 30.7 Å². The van der Waals surface area contributed by atoms with E-state index in [1.54, 1.807) is 0 Å². The molecule has 0 unspecified atom stereocenters. The highest BCUT2D eigenvalue weighted by Crippen LogP contribution is 2.63. The SMILES string of the molecule is Nc1cccc(-c2ccsc2C2=C(F)C(F)(F)C(F)(F)C2(F)F)c1N. The number of allylic oxidation sites excluding steroid dienone is 2. The molecule has 0 saturated heterocycles. The summed E-state index contributed by atoms with van der Waals surface area (Å²) in [4.78, 5) is -0.753. The van der Waals surface area contributed by atoms with Crippen molar-refractivity contribution in [2.75, 3.05) is 11.5 Å². The highest BCUT2D eigenvalue weighted by molar-refractivity contribution is 7.11. The summed E-state index contributed by atoms with van der Waals surface area (Å²) in [6.45, 7) is 0. The first kappa shape index (κ1) is 17.6. The summed E-state index contributed by atoms with van der Waals surface area (Å²) in [6, 6.07) is 5.33. The number of rotatable bonds is 2. The van der Waals surface area contributed by atoms with E-state index < -0.39 is 34.0 Å². The number of nitrogens with two attached hydrogens (primary N) is 2. The summed E-state index contributed by atoms with van der Waals surface area (Å²) in [5, 5.41) is 1.18. The highest BCUT2D eigenvalue weighted by atomic mass is 32.1. The number of hydrogen-bond acceptors (Lipinski definition) is 3. The van der Waals surface area contributed by atoms with E-state index in [0.29, 0.717) is 11.3 Å². The van der Waals surface area contributed by atoms with Crippen LogP contribution in [0.15, 0.2) is 35.5 Å². The number of halogens is 7. The Hall–Kier alpha value is -2.23. The molecule has 1 aliphatic rings. The van der Waals surface area contributed by atoms with Gasteiger partial charge in [0.1, 0.15) is 0 Å². The number of para-hydroxylation sites is 1. The Labute approximate surface area is 140 Å². The van der Waals surface area contributed by atoms with Gasteiger partial charge in [0.25, 0.3) is 0 Å². The van der Waals surface area contributed by atoms with E-state index in [4.69, 9.17) is 11.5 Å². The lowest BCUT2D eigenvalue weighted by Crippen LogP contribution is -2.48. The van der Waals surface area contributed by atoms with E-state index in [0.717, 1.165) is 0 Å². The van der Waals surface area contributed by atoms with Gasteiger partial charge in [0, 0.05) is 16.0 Å². The lowest BCUT2D eigenvalue weighted by atomic mass is 9.98. The first-order chi connectivity index (χ1) is 11.4. The molecule has 3 rings (SSSR count). The van der Waals surface area contributed by atoms with Crippen molar-refractivity contribution in [3.05, 3.63) is 40.3 Å². The van der Waals surface area contributed by atoms with Crippen molar-refractivity contribution in [1.29, 1.82) is 0 Å². The predicted molar refractivity (Wildman–Crippen MR) is 81.4 cm³/mol. The zero-order valence-corrected chi connectivity index (χ0v) is 12.9. The highest BCUT2D eigenvalue weighted by Gasteiger charge is 2.81. The van der Waals surface area contributed by atoms with Crippen LogP contribution in [0.1, 0.15) is 4.88 Å². The van der Waals surface area contributed by atoms with Crippen LogP contribution in [0.5, 0.6) is 0 Å². The molecule has 10 heteroatoms. The largest absolute Gasteiger partial charge is 0.397 e. The van der Waals surface area contributed by atoms with Gasteiger partial charge in [0.05, 0.1) is 16.9 Å². The minimum atomic E-state index is -5.89. The quantitative estimate of drug-likeness (QED) is 0.556. The molecule has 1 heterocycles. The van der Waals surface area contributed by atoms with Gasteiger partial charge in [-0.3, -0.25) is 0 Å². The number of thiophene rings is 1. The van der Waals surface area contributed by atoms with Gasteiger partial charge in [-0.25, -0.2) is 4.39 Å². The fraction of sp³-hybridized carbons (Fsp3) is 0.200. The third-order valence-corrected chi connectivity index (χ3v) is 4.85. The van der Waals surface area contributed by atoms with Crippen molar-refractivity contribution in [2.24, 2.45) is 0 Å². The van der Waals surface area contributed by atoms with Gasteiger partial charge in [0.15, 0.2) is 5.83 Å². The zero-order chi connectivity index (χ0) is 18.8. The molecular weight excluding hydrogens is 373 g/mol. The Morgan fingerprint density at radius 3 is 2.04 bits per heavy atom. The molecule has 0 atom stereocenters. The van der Waals surface area contributed by atoms with E-state index in [1.807, 2.05) is 0 Å². The van der Waals surface area contributed by atoms with Crippen molar-refractivity contribution >= 4 is 28.3 Å². The lowest BCUT2D eigenvalue weighted by molar-refractivity contribution is -0.263. The molecule has 1 aromatic heterocycles. The normalized spacial score (nSPS) is 20.9. The molecule has 0 bridgehead atoms. The Morgan fingerprint density at radius 2 is 1.48 bits per heavy atom. The average molecular weight is 382 g/mol. The fourth-order valence-electron chi connectivity index (χ4n) is 2.56. The standard InChI is InChI=1S/C15H9F7N2S/c16-12-9(13(17,18)15(21,22)14(12,19)20)11-7(4-5-25-11)6-2-1-3-8(23)10(6)24/h1-5H,23-24H2. The van der Waals surface area contributed by atoms with Crippen LogP contribution in [0, 0.1) is 0 Å². The van der Waals surface area contributed by atoms with Crippen molar-refractivity contribution in [3.63, 3.8) is 0 Å². The van der Waals surface area contributed by atoms with Gasteiger partial charge in [0.2, 0.25) is 0 Å². The maximum absolute atomic E-state index is 14.0. The van der Waals surface area contributed by atoms with E-state index in [2.05, 4.69) is 0 Å². The Kier molecular flexibility index (Phi) is 3.61. The van der Waals surface area contributed by atoms with Crippen LogP contribution >= 0.6 is 11.3 Å². The molecule has 0 saturated carbocycles. The topological polar surface area (TPSA) is 52.0 Å². The Bertz CT molecular complexity index is 886. The molecule has 0 aliphatic heterocycles.